The predicted octanol–water partition coefficient (Wildman–Crippen LogP) is 2.18. The number of hydrogen-bond donors (Lipinski definition) is 1. The van der Waals surface area contributed by atoms with E-state index >= 15 is 0 Å². The van der Waals surface area contributed by atoms with Crippen molar-refractivity contribution >= 4 is 11.6 Å². The van der Waals surface area contributed by atoms with Gasteiger partial charge in [0.15, 0.2) is 6.61 Å². The Morgan fingerprint density at radius 3 is 2.95 bits per heavy atom. The van der Waals surface area contributed by atoms with Crippen LogP contribution in [-0.2, 0) is 4.79 Å². The van der Waals surface area contributed by atoms with E-state index < -0.39 is 0 Å². The highest BCUT2D eigenvalue weighted by atomic mass is 16.5. The van der Waals surface area contributed by atoms with Gasteiger partial charge in [0.2, 0.25) is 0 Å². The summed E-state index contributed by atoms with van der Waals surface area (Å²) in [5.74, 6) is 1.90. The number of carbonyl (C=O) groups is 1. The average molecular weight is 274 g/mol. The molecule has 1 fully saturated rings. The van der Waals surface area contributed by atoms with Crippen LogP contribution in [0.25, 0.3) is 0 Å². The second kappa shape index (κ2) is 5.44. The number of rotatable bonds is 2. The van der Waals surface area contributed by atoms with Crippen molar-refractivity contribution in [3.63, 3.8) is 0 Å². The van der Waals surface area contributed by atoms with Crippen LogP contribution in [0.5, 0.6) is 5.75 Å². The molecule has 1 amide bonds. The van der Waals surface area contributed by atoms with E-state index in [9.17, 15) is 4.79 Å². The molecule has 1 aromatic carbocycles. The molecular weight excluding hydrogens is 252 g/mol. The van der Waals surface area contributed by atoms with E-state index in [2.05, 4.69) is 6.92 Å². The van der Waals surface area contributed by atoms with Crippen LogP contribution in [0.15, 0.2) is 24.3 Å². The second-order valence-corrected chi connectivity index (χ2v) is 6.00. The lowest BCUT2D eigenvalue weighted by molar-refractivity contribution is -0.122. The third-order valence-electron chi connectivity index (χ3n) is 4.60. The van der Waals surface area contributed by atoms with Crippen LogP contribution in [0.4, 0.5) is 5.69 Å². The van der Waals surface area contributed by atoms with Gasteiger partial charge in [0.1, 0.15) is 5.75 Å². The number of para-hydroxylation sites is 2. The molecule has 3 rings (SSSR count). The molecule has 0 saturated heterocycles. The molecule has 1 aliphatic heterocycles. The van der Waals surface area contributed by atoms with Crippen LogP contribution in [0.2, 0.25) is 0 Å². The first kappa shape index (κ1) is 13.4. The lowest BCUT2D eigenvalue weighted by Gasteiger charge is -2.43. The fourth-order valence-electron chi connectivity index (χ4n) is 3.49. The highest BCUT2D eigenvalue weighted by Gasteiger charge is 2.38. The summed E-state index contributed by atoms with van der Waals surface area (Å²) < 4.78 is 5.53. The second-order valence-electron chi connectivity index (χ2n) is 6.00. The Hall–Kier alpha value is -1.55. The van der Waals surface area contributed by atoms with Gasteiger partial charge in [-0.15, -0.1) is 0 Å². The molecule has 3 atom stereocenters. The lowest BCUT2D eigenvalue weighted by Crippen LogP contribution is -2.52. The van der Waals surface area contributed by atoms with E-state index in [0.29, 0.717) is 18.4 Å². The molecule has 0 aromatic heterocycles. The normalized spacial score (nSPS) is 29.8. The SMILES string of the molecule is CC1CCC(CN)C(N2C(=O)COc3ccccc32)C1. The molecule has 1 aliphatic carbocycles. The quantitative estimate of drug-likeness (QED) is 0.899. The van der Waals surface area contributed by atoms with Crippen LogP contribution in [0.3, 0.4) is 0 Å². The van der Waals surface area contributed by atoms with Crippen LogP contribution in [0.1, 0.15) is 26.2 Å². The molecular formula is C16H22N2O2. The fraction of sp³-hybridized carbons (Fsp3) is 0.562. The first-order chi connectivity index (χ1) is 9.70. The summed E-state index contributed by atoms with van der Waals surface area (Å²) in [7, 11) is 0. The minimum Gasteiger partial charge on any atom is -0.482 e. The largest absolute Gasteiger partial charge is 0.482 e. The standard InChI is InChI=1S/C16H22N2O2/c1-11-6-7-12(9-17)14(8-11)18-13-4-2-3-5-15(13)20-10-16(18)19/h2-5,11-12,14H,6-10,17H2,1H3. The summed E-state index contributed by atoms with van der Waals surface area (Å²) in [5, 5.41) is 0. The van der Waals surface area contributed by atoms with E-state index in [1.165, 1.54) is 6.42 Å². The van der Waals surface area contributed by atoms with Crippen LogP contribution in [-0.4, -0.2) is 25.1 Å². The summed E-state index contributed by atoms with van der Waals surface area (Å²) in [5.41, 5.74) is 6.85. The van der Waals surface area contributed by atoms with Crippen molar-refractivity contribution in [2.45, 2.75) is 32.2 Å². The number of benzene rings is 1. The number of nitrogens with zero attached hydrogens (tertiary/aromatic N) is 1. The molecule has 20 heavy (non-hydrogen) atoms. The first-order valence-corrected chi connectivity index (χ1v) is 7.44. The van der Waals surface area contributed by atoms with Crippen molar-refractivity contribution in [3.8, 4) is 5.75 Å². The van der Waals surface area contributed by atoms with Crippen LogP contribution < -0.4 is 15.4 Å². The molecule has 3 unspecified atom stereocenters. The van der Waals surface area contributed by atoms with Gasteiger partial charge in [-0.25, -0.2) is 0 Å². The summed E-state index contributed by atoms with van der Waals surface area (Å²) in [6.45, 7) is 3.04. The number of amides is 1. The Morgan fingerprint density at radius 2 is 2.15 bits per heavy atom. The Labute approximate surface area is 119 Å². The van der Waals surface area contributed by atoms with Crippen molar-refractivity contribution in [3.05, 3.63) is 24.3 Å². The van der Waals surface area contributed by atoms with Crippen LogP contribution >= 0.6 is 0 Å². The maximum absolute atomic E-state index is 12.4. The maximum Gasteiger partial charge on any atom is 0.265 e. The zero-order chi connectivity index (χ0) is 14.1. The number of fused-ring (bicyclic) bond motifs is 1. The zero-order valence-corrected chi connectivity index (χ0v) is 11.9. The highest BCUT2D eigenvalue weighted by Crippen LogP contribution is 2.39. The van der Waals surface area contributed by atoms with E-state index in [0.717, 1.165) is 24.3 Å². The molecule has 0 spiro atoms. The minimum absolute atomic E-state index is 0.0567. The van der Waals surface area contributed by atoms with Gasteiger partial charge < -0.3 is 15.4 Å². The average Bonchev–Trinajstić information content (AvgIpc) is 2.47. The Balaban J connectivity index is 1.96. The lowest BCUT2D eigenvalue weighted by atomic mass is 9.78. The molecule has 2 N–H and O–H groups in total. The first-order valence-electron chi connectivity index (χ1n) is 7.44. The van der Waals surface area contributed by atoms with Crippen molar-refractivity contribution in [2.75, 3.05) is 18.1 Å². The van der Waals surface area contributed by atoms with Gasteiger partial charge in [-0.1, -0.05) is 25.5 Å². The molecule has 4 heteroatoms. The smallest absolute Gasteiger partial charge is 0.265 e. The molecule has 108 valence electrons. The third kappa shape index (κ3) is 2.29. The van der Waals surface area contributed by atoms with Gasteiger partial charge >= 0.3 is 0 Å². The van der Waals surface area contributed by atoms with E-state index in [-0.39, 0.29) is 18.6 Å². The maximum atomic E-state index is 12.4. The van der Waals surface area contributed by atoms with Gasteiger partial charge in [0, 0.05) is 6.04 Å². The van der Waals surface area contributed by atoms with Gasteiger partial charge in [-0.2, -0.15) is 0 Å². The Morgan fingerprint density at radius 1 is 1.35 bits per heavy atom. The Kier molecular flexibility index (Phi) is 3.66. The number of nitrogens with two attached hydrogens (primary N) is 1. The number of carbonyl (C=O) groups excluding carboxylic acids is 1. The predicted molar refractivity (Wildman–Crippen MR) is 78.8 cm³/mol. The van der Waals surface area contributed by atoms with Crippen molar-refractivity contribution < 1.29 is 9.53 Å². The molecule has 4 nitrogen and oxygen atoms in total. The molecule has 0 bridgehead atoms. The summed E-state index contributed by atoms with van der Waals surface area (Å²) >= 11 is 0. The van der Waals surface area contributed by atoms with Crippen molar-refractivity contribution in [1.29, 1.82) is 0 Å². The molecule has 1 aromatic rings. The highest BCUT2D eigenvalue weighted by molar-refractivity contribution is 5.98. The third-order valence-corrected chi connectivity index (χ3v) is 4.60. The van der Waals surface area contributed by atoms with Gasteiger partial charge in [0.25, 0.3) is 5.91 Å². The van der Waals surface area contributed by atoms with Gasteiger partial charge in [-0.3, -0.25) is 4.79 Å². The summed E-state index contributed by atoms with van der Waals surface area (Å²) in [4.78, 5) is 14.3. The fourth-order valence-corrected chi connectivity index (χ4v) is 3.49. The molecule has 0 radical (unpaired) electrons. The number of anilines is 1. The van der Waals surface area contributed by atoms with E-state index in [4.69, 9.17) is 10.5 Å². The summed E-state index contributed by atoms with van der Waals surface area (Å²) in [6, 6.07) is 8.01. The molecule has 1 heterocycles. The van der Waals surface area contributed by atoms with Crippen molar-refractivity contribution in [2.24, 2.45) is 17.6 Å². The molecule has 1 saturated carbocycles. The van der Waals surface area contributed by atoms with Crippen LogP contribution in [0, 0.1) is 11.8 Å². The number of ether oxygens (including phenoxy) is 1. The summed E-state index contributed by atoms with van der Waals surface area (Å²) in [6.07, 6.45) is 3.34. The minimum atomic E-state index is 0.0567. The van der Waals surface area contributed by atoms with E-state index in [1.807, 2.05) is 29.2 Å². The van der Waals surface area contributed by atoms with Gasteiger partial charge in [0.05, 0.1) is 5.69 Å². The monoisotopic (exact) mass is 274 g/mol. The van der Waals surface area contributed by atoms with Gasteiger partial charge in [-0.05, 0) is 43.4 Å². The zero-order valence-electron chi connectivity index (χ0n) is 11.9. The molecule has 2 aliphatic rings. The van der Waals surface area contributed by atoms with E-state index in [1.54, 1.807) is 0 Å². The Bertz CT molecular complexity index is 503. The topological polar surface area (TPSA) is 55.6 Å². The van der Waals surface area contributed by atoms with Crippen molar-refractivity contribution in [1.82, 2.24) is 0 Å². The number of hydrogen-bond acceptors (Lipinski definition) is 3.